The van der Waals surface area contributed by atoms with Gasteiger partial charge in [-0.2, -0.15) is 0 Å². The number of likely N-dealkylation sites (N-methyl/N-ethyl adjacent to an activating group) is 1. The van der Waals surface area contributed by atoms with Gasteiger partial charge in [0.25, 0.3) is 5.69 Å². The minimum atomic E-state index is -0.462. The molecule has 7 nitrogen and oxygen atoms in total. The van der Waals surface area contributed by atoms with Gasteiger partial charge in [0, 0.05) is 42.0 Å². The second-order valence-electron chi connectivity index (χ2n) is 7.39. The Morgan fingerprint density at radius 1 is 1.26 bits per heavy atom. The molecule has 2 atom stereocenters. The van der Waals surface area contributed by atoms with Gasteiger partial charge < -0.3 is 10.2 Å². The quantitative estimate of drug-likeness (QED) is 0.649. The molecule has 2 heterocycles. The van der Waals surface area contributed by atoms with Crippen molar-refractivity contribution < 1.29 is 9.72 Å². The zero-order chi connectivity index (χ0) is 19.1. The van der Waals surface area contributed by atoms with Crippen LogP contribution in [0.2, 0.25) is 0 Å². The number of nitrogens with zero attached hydrogens (tertiary/aromatic N) is 3. The monoisotopic (exact) mass is 366 g/mol. The van der Waals surface area contributed by atoms with Crippen LogP contribution in [0.4, 0.5) is 21.9 Å². The van der Waals surface area contributed by atoms with E-state index in [0.717, 1.165) is 25.2 Å². The number of rotatable bonds is 2. The van der Waals surface area contributed by atoms with Crippen LogP contribution in [-0.4, -0.2) is 42.0 Å². The minimum absolute atomic E-state index is 0.0394. The Hall–Kier alpha value is -2.93. The van der Waals surface area contributed by atoms with Crippen molar-refractivity contribution in [3.8, 4) is 0 Å². The molecule has 7 heteroatoms. The number of nitro benzene ring substituents is 1. The summed E-state index contributed by atoms with van der Waals surface area (Å²) in [5.74, 6) is 0.287. The molecule has 2 aromatic rings. The lowest BCUT2D eigenvalue weighted by Crippen LogP contribution is -2.48. The van der Waals surface area contributed by atoms with Gasteiger partial charge in [0.2, 0.25) is 0 Å². The van der Waals surface area contributed by atoms with E-state index < -0.39 is 4.92 Å². The minimum Gasteiger partial charge on any atom is -0.307 e. The molecule has 0 aromatic heterocycles. The van der Waals surface area contributed by atoms with Crippen molar-refractivity contribution in [3.05, 3.63) is 63.7 Å². The third-order valence-electron chi connectivity index (χ3n) is 5.48. The highest BCUT2D eigenvalue weighted by molar-refractivity contribution is 6.04. The fraction of sp³-hybridized carbons (Fsp3) is 0.350. The van der Waals surface area contributed by atoms with Gasteiger partial charge in [-0.1, -0.05) is 23.8 Å². The lowest BCUT2D eigenvalue weighted by molar-refractivity contribution is -0.384. The standard InChI is InChI=1S/C20H22N4O3/c1-13-6-7-18-16(10-13)17-12-22(2)9-8-19(17)23(18)20(25)21-14-4-3-5-15(11-14)24(26)27/h3-7,10-11,17,19H,8-9,12H2,1-2H3,(H,21,25)/t17-,19+/m1/s1. The van der Waals surface area contributed by atoms with E-state index in [9.17, 15) is 14.9 Å². The van der Waals surface area contributed by atoms with Crippen LogP contribution in [0.5, 0.6) is 0 Å². The summed E-state index contributed by atoms with van der Waals surface area (Å²) in [6.07, 6.45) is 0.900. The first-order valence-electron chi connectivity index (χ1n) is 9.08. The van der Waals surface area contributed by atoms with E-state index in [1.54, 1.807) is 12.1 Å². The highest BCUT2D eigenvalue weighted by Gasteiger charge is 2.44. The van der Waals surface area contributed by atoms with Crippen molar-refractivity contribution in [2.45, 2.75) is 25.3 Å². The lowest BCUT2D eigenvalue weighted by atomic mass is 9.89. The number of anilines is 2. The third kappa shape index (κ3) is 3.14. The average molecular weight is 366 g/mol. The number of piperidine rings is 1. The summed E-state index contributed by atoms with van der Waals surface area (Å²) in [6.45, 7) is 3.92. The van der Waals surface area contributed by atoms with Crippen LogP contribution in [-0.2, 0) is 0 Å². The van der Waals surface area contributed by atoms with Gasteiger partial charge in [-0.3, -0.25) is 15.0 Å². The number of fused-ring (bicyclic) bond motifs is 3. The molecule has 0 radical (unpaired) electrons. The Bertz CT molecular complexity index is 914. The highest BCUT2D eigenvalue weighted by Crippen LogP contribution is 2.45. The average Bonchev–Trinajstić information content (AvgIpc) is 2.95. The summed E-state index contributed by atoms with van der Waals surface area (Å²) in [6, 6.07) is 12.1. The predicted molar refractivity (Wildman–Crippen MR) is 104 cm³/mol. The molecule has 27 heavy (non-hydrogen) atoms. The van der Waals surface area contributed by atoms with E-state index >= 15 is 0 Å². The molecule has 1 saturated heterocycles. The zero-order valence-corrected chi connectivity index (χ0v) is 15.4. The van der Waals surface area contributed by atoms with E-state index in [4.69, 9.17) is 0 Å². The van der Waals surface area contributed by atoms with E-state index in [1.807, 2.05) is 17.0 Å². The molecular weight excluding hydrogens is 344 g/mol. The first-order valence-corrected chi connectivity index (χ1v) is 9.08. The molecule has 0 saturated carbocycles. The molecule has 0 unspecified atom stereocenters. The largest absolute Gasteiger partial charge is 0.326 e. The number of carbonyl (C=O) groups is 1. The number of benzene rings is 2. The molecule has 2 amide bonds. The van der Waals surface area contributed by atoms with Gasteiger partial charge in [-0.25, -0.2) is 4.79 Å². The molecule has 2 aliphatic rings. The number of amides is 2. The van der Waals surface area contributed by atoms with Gasteiger partial charge in [0.05, 0.1) is 4.92 Å². The van der Waals surface area contributed by atoms with Crippen LogP contribution in [0.15, 0.2) is 42.5 Å². The molecule has 1 N–H and O–H groups in total. The van der Waals surface area contributed by atoms with Crippen molar-refractivity contribution in [2.24, 2.45) is 0 Å². The van der Waals surface area contributed by atoms with Crippen LogP contribution < -0.4 is 10.2 Å². The number of aryl methyl sites for hydroxylation is 1. The molecule has 140 valence electrons. The Morgan fingerprint density at radius 2 is 2.07 bits per heavy atom. The van der Waals surface area contributed by atoms with Crippen LogP contribution in [0.3, 0.4) is 0 Å². The van der Waals surface area contributed by atoms with Crippen LogP contribution in [0.1, 0.15) is 23.5 Å². The first-order chi connectivity index (χ1) is 12.9. The number of hydrogen-bond donors (Lipinski definition) is 1. The Kier molecular flexibility index (Phi) is 4.31. The summed E-state index contributed by atoms with van der Waals surface area (Å²) >= 11 is 0. The van der Waals surface area contributed by atoms with Gasteiger partial charge in [0.15, 0.2) is 0 Å². The van der Waals surface area contributed by atoms with Crippen molar-refractivity contribution >= 4 is 23.1 Å². The second kappa shape index (κ2) is 6.66. The summed E-state index contributed by atoms with van der Waals surface area (Å²) in [7, 11) is 2.11. The molecule has 2 aromatic carbocycles. The number of hydrogen-bond acceptors (Lipinski definition) is 4. The Morgan fingerprint density at radius 3 is 2.85 bits per heavy atom. The van der Waals surface area contributed by atoms with Gasteiger partial charge in [-0.05, 0) is 44.6 Å². The van der Waals surface area contributed by atoms with Crippen molar-refractivity contribution in [1.29, 1.82) is 0 Å². The molecular formula is C20H22N4O3. The summed E-state index contributed by atoms with van der Waals surface area (Å²) in [5.41, 5.74) is 3.72. The summed E-state index contributed by atoms with van der Waals surface area (Å²) < 4.78 is 0. The van der Waals surface area contributed by atoms with E-state index in [-0.39, 0.29) is 23.7 Å². The number of non-ortho nitro benzene ring substituents is 1. The smallest absolute Gasteiger partial charge is 0.307 e. The van der Waals surface area contributed by atoms with Crippen LogP contribution in [0, 0.1) is 17.0 Å². The fourth-order valence-electron chi connectivity index (χ4n) is 4.23. The van der Waals surface area contributed by atoms with Crippen LogP contribution in [0.25, 0.3) is 0 Å². The fourth-order valence-corrected chi connectivity index (χ4v) is 4.23. The normalized spacial score (nSPS) is 21.5. The molecule has 0 aliphatic carbocycles. The lowest BCUT2D eigenvalue weighted by Gasteiger charge is -2.36. The number of nitrogens with one attached hydrogen (secondary N) is 1. The van der Waals surface area contributed by atoms with E-state index in [0.29, 0.717) is 5.69 Å². The number of likely N-dealkylation sites (tertiary alicyclic amines) is 1. The maximum absolute atomic E-state index is 13.1. The molecule has 2 aliphatic heterocycles. The second-order valence-corrected chi connectivity index (χ2v) is 7.39. The van der Waals surface area contributed by atoms with Gasteiger partial charge in [-0.15, -0.1) is 0 Å². The van der Waals surface area contributed by atoms with Crippen molar-refractivity contribution in [2.75, 3.05) is 30.4 Å². The van der Waals surface area contributed by atoms with E-state index in [1.165, 1.54) is 23.3 Å². The topological polar surface area (TPSA) is 78.7 Å². The highest BCUT2D eigenvalue weighted by atomic mass is 16.6. The predicted octanol–water partition coefficient (Wildman–Crippen LogP) is 3.74. The van der Waals surface area contributed by atoms with Crippen molar-refractivity contribution in [3.63, 3.8) is 0 Å². The number of carbonyl (C=O) groups excluding carboxylic acids is 1. The Balaban J connectivity index is 1.65. The van der Waals surface area contributed by atoms with Gasteiger partial charge >= 0.3 is 6.03 Å². The zero-order valence-electron chi connectivity index (χ0n) is 15.4. The Labute approximate surface area is 157 Å². The molecule has 1 fully saturated rings. The number of nitro groups is 1. The maximum Gasteiger partial charge on any atom is 0.326 e. The maximum atomic E-state index is 13.1. The molecule has 0 spiro atoms. The summed E-state index contributed by atoms with van der Waals surface area (Å²) in [4.78, 5) is 27.8. The van der Waals surface area contributed by atoms with Crippen LogP contribution >= 0.6 is 0 Å². The SMILES string of the molecule is Cc1ccc2c(c1)[C@H]1CN(C)CC[C@@H]1N2C(=O)Nc1cccc([N+](=O)[O-])c1. The third-order valence-corrected chi connectivity index (χ3v) is 5.48. The van der Waals surface area contributed by atoms with Gasteiger partial charge in [0.1, 0.15) is 0 Å². The summed E-state index contributed by atoms with van der Waals surface area (Å²) in [5, 5.41) is 13.8. The molecule has 0 bridgehead atoms. The number of urea groups is 1. The van der Waals surface area contributed by atoms with Crippen molar-refractivity contribution in [1.82, 2.24) is 4.90 Å². The first kappa shape index (κ1) is 17.5. The molecule has 4 rings (SSSR count). The van der Waals surface area contributed by atoms with E-state index in [2.05, 4.69) is 30.3 Å².